The van der Waals surface area contributed by atoms with Gasteiger partial charge in [0.25, 0.3) is 11.8 Å². The molecule has 2 saturated heterocycles. The number of rotatable bonds is 6. The molecule has 0 radical (unpaired) electrons. The minimum atomic E-state index is -1.82. The first-order valence-electron chi connectivity index (χ1n) is 26.1. The Morgan fingerprint density at radius 2 is 1.20 bits per heavy atom. The average Bonchev–Trinajstić information content (AvgIpc) is 4.51. The number of thioether (sulfide) groups is 2. The van der Waals surface area contributed by atoms with Crippen LogP contribution in [0.2, 0.25) is 0 Å². The number of aromatic hydroxyl groups is 2. The van der Waals surface area contributed by atoms with Crippen molar-refractivity contribution in [2.45, 2.75) is 106 Å². The number of para-hydroxylation sites is 2. The fourth-order valence-corrected chi connectivity index (χ4v) is 13.6. The number of pyridine rings is 2. The number of esters is 1. The molecule has 4 aromatic rings. The fraction of sp³-hybridized carbons (Fsp3) is 0.500. The number of aliphatic hydroxyl groups is 1. The van der Waals surface area contributed by atoms with Crippen molar-refractivity contribution in [2.75, 3.05) is 52.9 Å². The molecule has 428 valence electrons. The van der Waals surface area contributed by atoms with Gasteiger partial charge in [0.05, 0.1) is 27.8 Å². The molecule has 2 aliphatic carbocycles. The number of nitrogens with zero attached hydrogens (tertiary/aromatic N) is 6. The molecular formula is C54H66N10O14S2. The lowest BCUT2D eigenvalue weighted by molar-refractivity contribution is -0.174. The SMILES string of the molecule is CCSC1SCC2C(=O)N(C)C3(CC3C)[C@@H](O)OCC(NC(=O)c3nc4ccccc4cc3O)C(=O)NC(C)C(=O)N(C)C1C(=O)N(C)C1(CC1C)C(=O)OCC(NC(=O)c1nc3ccccc3cc1O)C(=O)NC(C)C(=O)N2C. The normalized spacial score (nSPS) is 30.6. The van der Waals surface area contributed by atoms with Crippen LogP contribution in [0.1, 0.15) is 68.4 Å². The van der Waals surface area contributed by atoms with Crippen LogP contribution in [0.15, 0.2) is 60.7 Å². The Labute approximate surface area is 469 Å². The van der Waals surface area contributed by atoms with Crippen LogP contribution >= 0.6 is 23.5 Å². The first-order valence-corrected chi connectivity index (χ1v) is 28.2. The van der Waals surface area contributed by atoms with E-state index in [0.717, 1.165) is 21.6 Å². The average molecular weight is 1140 g/mol. The highest BCUT2D eigenvalue weighted by molar-refractivity contribution is 8.17. The maximum absolute atomic E-state index is 15.5. The van der Waals surface area contributed by atoms with Crippen LogP contribution in [0, 0.1) is 11.8 Å². The second-order valence-electron chi connectivity index (χ2n) is 20.8. The van der Waals surface area contributed by atoms with Crippen molar-refractivity contribution < 1.29 is 67.9 Å². The molecule has 80 heavy (non-hydrogen) atoms. The Morgan fingerprint density at radius 1 is 0.713 bits per heavy atom. The predicted molar refractivity (Wildman–Crippen MR) is 294 cm³/mol. The van der Waals surface area contributed by atoms with Gasteiger partial charge in [-0.05, 0) is 68.5 Å². The Balaban J connectivity index is 1.19. The number of ether oxygens (including phenoxy) is 2. The van der Waals surface area contributed by atoms with Crippen molar-refractivity contribution >= 4 is 98.6 Å². The van der Waals surface area contributed by atoms with E-state index in [1.54, 1.807) is 62.4 Å². The van der Waals surface area contributed by atoms with Crippen LogP contribution in [0.25, 0.3) is 21.8 Å². The van der Waals surface area contributed by atoms with E-state index in [1.165, 1.54) is 75.7 Å². The van der Waals surface area contributed by atoms with Crippen LogP contribution < -0.4 is 21.3 Å². The molecule has 2 aromatic carbocycles. The Kier molecular flexibility index (Phi) is 17.2. The van der Waals surface area contributed by atoms with Crippen LogP contribution in [0.4, 0.5) is 0 Å². The zero-order valence-corrected chi connectivity index (χ0v) is 47.3. The molecule has 2 aromatic heterocycles. The van der Waals surface area contributed by atoms with Gasteiger partial charge in [0.1, 0.15) is 59.9 Å². The van der Waals surface area contributed by atoms with Crippen molar-refractivity contribution in [3.8, 4) is 11.5 Å². The summed E-state index contributed by atoms with van der Waals surface area (Å²) in [5, 5.41) is 45.0. The molecular weight excluding hydrogens is 1080 g/mol. The molecule has 12 atom stereocenters. The summed E-state index contributed by atoms with van der Waals surface area (Å²) in [6.45, 7) is 6.39. The molecule has 24 nitrogen and oxygen atoms in total. The monoisotopic (exact) mass is 1140 g/mol. The molecule has 2 spiro atoms. The Bertz CT molecular complexity index is 3150. The highest BCUT2D eigenvalue weighted by atomic mass is 32.2. The zero-order valence-electron chi connectivity index (χ0n) is 45.6. The number of fused-ring (bicyclic) bond motifs is 6. The highest BCUT2D eigenvalue weighted by Gasteiger charge is 2.65. The number of carbonyl (C=O) groups is 9. The van der Waals surface area contributed by atoms with E-state index in [9.17, 15) is 48.9 Å². The number of aromatic nitrogens is 2. The Morgan fingerprint density at radius 3 is 1.69 bits per heavy atom. The molecule has 4 heterocycles. The van der Waals surface area contributed by atoms with Gasteiger partial charge in [-0.3, -0.25) is 38.4 Å². The molecule has 26 heteroatoms. The molecule has 2 bridgehead atoms. The number of carbonyl (C=O) groups excluding carboxylic acids is 9. The van der Waals surface area contributed by atoms with E-state index < -0.39 is 159 Å². The van der Waals surface area contributed by atoms with Crippen LogP contribution in [0.5, 0.6) is 11.5 Å². The van der Waals surface area contributed by atoms with Gasteiger partial charge in [-0.1, -0.05) is 57.2 Å². The summed E-state index contributed by atoms with van der Waals surface area (Å²) in [7, 11) is 5.47. The number of hydrogen-bond acceptors (Lipinski definition) is 18. The zero-order chi connectivity index (χ0) is 58.3. The van der Waals surface area contributed by atoms with Crippen LogP contribution in [-0.2, 0) is 43.0 Å². The third kappa shape index (κ3) is 11.3. The fourth-order valence-electron chi connectivity index (χ4n) is 10.6. The lowest BCUT2D eigenvalue weighted by Crippen LogP contribution is -2.61. The summed E-state index contributed by atoms with van der Waals surface area (Å²) < 4.78 is 10.9. The van der Waals surface area contributed by atoms with E-state index in [2.05, 4.69) is 31.2 Å². The lowest BCUT2D eigenvalue weighted by atomic mass is 10.1. The summed E-state index contributed by atoms with van der Waals surface area (Å²) in [5.74, 6) is -9.95. The van der Waals surface area contributed by atoms with Gasteiger partial charge >= 0.3 is 5.97 Å². The summed E-state index contributed by atoms with van der Waals surface area (Å²) in [4.78, 5) is 145. The molecule has 8 rings (SSSR count). The molecule has 2 aliphatic heterocycles. The van der Waals surface area contributed by atoms with Gasteiger partial charge in [-0.2, -0.15) is 0 Å². The first kappa shape index (κ1) is 58.8. The maximum atomic E-state index is 15.5. The predicted octanol–water partition coefficient (Wildman–Crippen LogP) is 0.946. The Hall–Kier alpha value is -7.29. The molecule has 8 amide bonds. The lowest BCUT2D eigenvalue weighted by Gasteiger charge is -2.40. The summed E-state index contributed by atoms with van der Waals surface area (Å²) in [6, 6.07) is 6.86. The van der Waals surface area contributed by atoms with E-state index in [-0.39, 0.29) is 18.6 Å². The second kappa shape index (κ2) is 23.4. The van der Waals surface area contributed by atoms with Crippen molar-refractivity contribution in [1.29, 1.82) is 0 Å². The number of hydrogen-bond donors (Lipinski definition) is 7. The number of aliphatic hydroxyl groups excluding tert-OH is 1. The standard InChI is InChI=1S/C54H66N10O14S2/c1-10-79-50-41-49(74)64(9)54(22-27(54)3)52(76)78-24-34(59-44(69)39-37(65)19-30-15-11-13-17-32(30)57-39)42(67)55-28(4)46(71)61(6)36(25-80-50)48(73)63(8)53(21-26(53)2)51(75)77-23-35(43(68)56-29(5)47(72)62(41)7)60-45(70)40-38(66)20-31-16-12-14-18-33(31)58-40/h11-20,26-29,34-36,41,50-51,65-66,75H,10,21-25H2,1-9H3,(H,55,67)(H,56,68)(H,59,69)(H,60,70)/t26?,27?,28?,29?,34?,35?,36?,41?,50?,51-,53?,54?/m0/s1. The van der Waals surface area contributed by atoms with Gasteiger partial charge in [0.15, 0.2) is 17.7 Å². The largest absolute Gasteiger partial charge is 0.505 e. The molecule has 2 saturated carbocycles. The van der Waals surface area contributed by atoms with Crippen LogP contribution in [0.3, 0.4) is 0 Å². The number of nitrogens with one attached hydrogen (secondary N) is 4. The van der Waals surface area contributed by atoms with Gasteiger partial charge < -0.3 is 65.7 Å². The summed E-state index contributed by atoms with van der Waals surface area (Å²) in [6.07, 6.45) is -1.57. The van der Waals surface area contributed by atoms with Crippen molar-refractivity contribution in [2.24, 2.45) is 11.8 Å². The molecule has 4 fully saturated rings. The van der Waals surface area contributed by atoms with Gasteiger partial charge in [-0.25, -0.2) is 14.8 Å². The van der Waals surface area contributed by atoms with Crippen molar-refractivity contribution in [1.82, 2.24) is 50.8 Å². The van der Waals surface area contributed by atoms with Gasteiger partial charge in [-0.15, -0.1) is 23.5 Å². The van der Waals surface area contributed by atoms with Gasteiger partial charge in [0.2, 0.25) is 35.4 Å². The van der Waals surface area contributed by atoms with Gasteiger partial charge in [0, 0.05) is 44.7 Å². The topological polar surface area (TPSA) is 320 Å². The molecule has 11 unspecified atom stereocenters. The minimum Gasteiger partial charge on any atom is -0.505 e. The van der Waals surface area contributed by atoms with E-state index in [0.29, 0.717) is 27.6 Å². The minimum absolute atomic E-state index is 0.0781. The van der Waals surface area contributed by atoms with E-state index in [1.807, 2.05) is 6.92 Å². The first-order chi connectivity index (χ1) is 37.9. The van der Waals surface area contributed by atoms with Crippen molar-refractivity contribution in [3.63, 3.8) is 0 Å². The third-order valence-corrected chi connectivity index (χ3v) is 18.6. The summed E-state index contributed by atoms with van der Waals surface area (Å²) in [5.41, 5.74) is -3.34. The number of likely N-dealkylation sites (N-methyl/N-ethyl adjacent to an activating group) is 4. The molecule has 4 aliphatic rings. The van der Waals surface area contributed by atoms with Crippen molar-refractivity contribution in [3.05, 3.63) is 72.1 Å². The molecule has 7 N–H and O–H groups in total. The summed E-state index contributed by atoms with van der Waals surface area (Å²) >= 11 is 2.32. The van der Waals surface area contributed by atoms with E-state index in [4.69, 9.17) is 9.47 Å². The third-order valence-electron chi connectivity index (χ3n) is 15.7. The van der Waals surface area contributed by atoms with Crippen LogP contribution in [-0.4, -0.2) is 209 Å². The van der Waals surface area contributed by atoms with E-state index >= 15 is 9.59 Å². The number of cyclic esters (lactones) is 1. The highest BCUT2D eigenvalue weighted by Crippen LogP contribution is 2.52. The number of benzene rings is 2. The maximum Gasteiger partial charge on any atom is 0.332 e. The second-order valence-corrected chi connectivity index (χ2v) is 23.7. The number of amides is 8. The quantitative estimate of drug-likeness (QED) is 0.132. The smallest absolute Gasteiger partial charge is 0.332 e.